The van der Waals surface area contributed by atoms with Gasteiger partial charge in [0.1, 0.15) is 11.1 Å². The van der Waals surface area contributed by atoms with Crippen LogP contribution in [0.3, 0.4) is 0 Å². The molecule has 0 amide bonds. The minimum absolute atomic E-state index is 0.0849. The Morgan fingerprint density at radius 1 is 1.45 bits per heavy atom. The van der Waals surface area contributed by atoms with E-state index in [4.69, 9.17) is 11.0 Å². The van der Waals surface area contributed by atoms with Crippen molar-refractivity contribution in [2.24, 2.45) is 0 Å². The van der Waals surface area contributed by atoms with Crippen LogP contribution in [-0.2, 0) is 10.0 Å². The van der Waals surface area contributed by atoms with Crippen LogP contribution in [0.25, 0.3) is 0 Å². The van der Waals surface area contributed by atoms with Crippen molar-refractivity contribution in [2.75, 3.05) is 10.5 Å². The lowest BCUT2D eigenvalue weighted by molar-refractivity contribution is 0.600. The van der Waals surface area contributed by atoms with Crippen LogP contribution in [0.15, 0.2) is 32.9 Å². The van der Waals surface area contributed by atoms with Gasteiger partial charge in [-0.25, -0.2) is 8.42 Å². The maximum Gasteiger partial charge on any atom is 0.262 e. The Labute approximate surface area is 129 Å². The van der Waals surface area contributed by atoms with Gasteiger partial charge in [0.05, 0.1) is 10.5 Å². The number of rotatable bonds is 3. The molecular weight excluding hydrogens is 362 g/mol. The second-order valence-electron chi connectivity index (χ2n) is 4.00. The van der Waals surface area contributed by atoms with Gasteiger partial charge in [-0.05, 0) is 36.1 Å². The second-order valence-corrected chi connectivity index (χ2v) is 7.48. The molecular formula is C12H10BrN3O2S2. The third-order valence-electron chi connectivity index (χ3n) is 2.67. The normalized spacial score (nSPS) is 11.1. The van der Waals surface area contributed by atoms with E-state index in [1.807, 2.05) is 6.07 Å². The molecule has 0 spiro atoms. The van der Waals surface area contributed by atoms with Gasteiger partial charge in [-0.2, -0.15) is 5.26 Å². The molecule has 2 aromatic rings. The summed E-state index contributed by atoms with van der Waals surface area (Å²) in [5.41, 5.74) is 6.92. The summed E-state index contributed by atoms with van der Waals surface area (Å²) in [6.07, 6.45) is 0. The van der Waals surface area contributed by atoms with Crippen LogP contribution in [0.5, 0.6) is 0 Å². The Bertz CT molecular complexity index is 807. The first-order valence-corrected chi connectivity index (χ1v) is 8.57. The van der Waals surface area contributed by atoms with Crippen molar-refractivity contribution in [1.29, 1.82) is 5.26 Å². The Morgan fingerprint density at radius 2 is 2.15 bits per heavy atom. The number of hydrogen-bond donors (Lipinski definition) is 2. The zero-order valence-electron chi connectivity index (χ0n) is 10.3. The molecule has 0 aliphatic rings. The first kappa shape index (κ1) is 14.8. The highest BCUT2D eigenvalue weighted by molar-refractivity contribution is 9.10. The largest absolute Gasteiger partial charge is 0.398 e. The van der Waals surface area contributed by atoms with Crippen LogP contribution < -0.4 is 10.5 Å². The van der Waals surface area contributed by atoms with E-state index in [2.05, 4.69) is 20.7 Å². The second kappa shape index (κ2) is 5.44. The summed E-state index contributed by atoms with van der Waals surface area (Å²) in [4.78, 5) is 0.0849. The molecule has 2 rings (SSSR count). The van der Waals surface area contributed by atoms with Crippen molar-refractivity contribution in [3.63, 3.8) is 0 Å². The van der Waals surface area contributed by atoms with E-state index in [0.717, 1.165) is 11.3 Å². The monoisotopic (exact) mass is 371 g/mol. The molecule has 1 heterocycles. The summed E-state index contributed by atoms with van der Waals surface area (Å²) in [6, 6.07) is 6.62. The third kappa shape index (κ3) is 2.80. The molecule has 8 heteroatoms. The molecule has 0 radical (unpaired) electrons. The number of sulfonamides is 1. The van der Waals surface area contributed by atoms with Crippen molar-refractivity contribution in [3.05, 3.63) is 39.2 Å². The predicted octanol–water partition coefficient (Wildman–Crippen LogP) is 3.07. The van der Waals surface area contributed by atoms with E-state index in [1.165, 1.54) is 6.07 Å². The zero-order chi connectivity index (χ0) is 14.9. The van der Waals surface area contributed by atoms with Crippen LogP contribution in [0.1, 0.15) is 11.1 Å². The van der Waals surface area contributed by atoms with Crippen LogP contribution in [0, 0.1) is 18.3 Å². The molecule has 20 heavy (non-hydrogen) atoms. The van der Waals surface area contributed by atoms with Gasteiger partial charge in [0.2, 0.25) is 0 Å². The Morgan fingerprint density at radius 3 is 2.80 bits per heavy atom. The number of nitrogen functional groups attached to an aromatic ring is 1. The van der Waals surface area contributed by atoms with Crippen LogP contribution in [-0.4, -0.2) is 8.42 Å². The minimum Gasteiger partial charge on any atom is -0.398 e. The van der Waals surface area contributed by atoms with Gasteiger partial charge in [0.25, 0.3) is 10.0 Å². The molecule has 0 unspecified atom stereocenters. The van der Waals surface area contributed by atoms with Gasteiger partial charge in [-0.15, -0.1) is 11.3 Å². The lowest BCUT2D eigenvalue weighted by Gasteiger charge is -2.11. The van der Waals surface area contributed by atoms with Crippen molar-refractivity contribution < 1.29 is 8.42 Å². The molecule has 5 nitrogen and oxygen atoms in total. The number of thiophene rings is 1. The fourth-order valence-corrected chi connectivity index (χ4v) is 4.60. The van der Waals surface area contributed by atoms with Crippen molar-refractivity contribution in [1.82, 2.24) is 0 Å². The standard InChI is InChI=1S/C12H10BrN3O2S2/c1-7-10(15)4-9(13)5-11(7)20(17,18)16-12-8(6-14)2-3-19-12/h2-5,16H,15H2,1H3. The van der Waals surface area contributed by atoms with Gasteiger partial charge < -0.3 is 5.73 Å². The summed E-state index contributed by atoms with van der Waals surface area (Å²) >= 11 is 4.38. The minimum atomic E-state index is -3.79. The maximum atomic E-state index is 12.4. The Kier molecular flexibility index (Phi) is 4.04. The van der Waals surface area contributed by atoms with Crippen LogP contribution in [0.2, 0.25) is 0 Å². The molecule has 0 aliphatic carbocycles. The number of anilines is 2. The van der Waals surface area contributed by atoms with Gasteiger partial charge in [0, 0.05) is 10.2 Å². The van der Waals surface area contributed by atoms with E-state index < -0.39 is 10.0 Å². The summed E-state index contributed by atoms with van der Waals surface area (Å²) in [6.45, 7) is 1.63. The Hall–Kier alpha value is -1.56. The van der Waals surface area contributed by atoms with Crippen molar-refractivity contribution >= 4 is 48.0 Å². The smallest absolute Gasteiger partial charge is 0.262 e. The SMILES string of the molecule is Cc1c(N)cc(Br)cc1S(=O)(=O)Nc1sccc1C#N. The highest BCUT2D eigenvalue weighted by Gasteiger charge is 2.21. The number of hydrogen-bond acceptors (Lipinski definition) is 5. The summed E-state index contributed by atoms with van der Waals surface area (Å²) < 4.78 is 27.8. The van der Waals surface area contributed by atoms with E-state index in [1.54, 1.807) is 24.4 Å². The lowest BCUT2D eigenvalue weighted by Crippen LogP contribution is -2.15. The number of nitriles is 1. The fourth-order valence-electron chi connectivity index (χ4n) is 1.61. The quantitative estimate of drug-likeness (QED) is 0.810. The summed E-state index contributed by atoms with van der Waals surface area (Å²) in [5.74, 6) is 0. The molecule has 1 aromatic carbocycles. The number of nitrogens with zero attached hydrogens (tertiary/aromatic N) is 1. The van der Waals surface area contributed by atoms with Gasteiger partial charge in [0.15, 0.2) is 0 Å². The summed E-state index contributed by atoms with van der Waals surface area (Å²) in [7, 11) is -3.79. The molecule has 1 aromatic heterocycles. The molecule has 104 valence electrons. The van der Waals surface area contributed by atoms with Crippen LogP contribution in [0.4, 0.5) is 10.7 Å². The first-order valence-electron chi connectivity index (χ1n) is 5.41. The van der Waals surface area contributed by atoms with Gasteiger partial charge in [-0.1, -0.05) is 15.9 Å². The molecule has 0 atom stereocenters. The van der Waals surface area contributed by atoms with Crippen molar-refractivity contribution in [3.8, 4) is 6.07 Å². The van der Waals surface area contributed by atoms with Crippen LogP contribution >= 0.6 is 27.3 Å². The average molecular weight is 372 g/mol. The van der Waals surface area contributed by atoms with Gasteiger partial charge >= 0.3 is 0 Å². The third-order valence-corrected chi connectivity index (χ3v) is 5.56. The highest BCUT2D eigenvalue weighted by Crippen LogP contribution is 2.30. The molecule has 0 saturated carbocycles. The summed E-state index contributed by atoms with van der Waals surface area (Å²) in [5, 5.41) is 10.9. The predicted molar refractivity (Wildman–Crippen MR) is 83.1 cm³/mol. The molecule has 0 aliphatic heterocycles. The Balaban J connectivity index is 2.50. The highest BCUT2D eigenvalue weighted by atomic mass is 79.9. The first-order chi connectivity index (χ1) is 9.35. The van der Waals surface area contributed by atoms with E-state index in [9.17, 15) is 8.42 Å². The van der Waals surface area contributed by atoms with Gasteiger partial charge in [-0.3, -0.25) is 4.72 Å². The average Bonchev–Trinajstić information content (AvgIpc) is 2.80. The number of nitrogens with two attached hydrogens (primary N) is 1. The zero-order valence-corrected chi connectivity index (χ0v) is 13.6. The molecule has 0 saturated heterocycles. The van der Waals surface area contributed by atoms with Crippen molar-refractivity contribution in [2.45, 2.75) is 11.8 Å². The molecule has 0 bridgehead atoms. The lowest BCUT2D eigenvalue weighted by atomic mass is 10.2. The molecule has 0 fully saturated rings. The number of halogens is 1. The fraction of sp³-hybridized carbons (Fsp3) is 0.0833. The molecule has 3 N–H and O–H groups in total. The maximum absolute atomic E-state index is 12.4. The van der Waals surface area contributed by atoms with E-state index in [0.29, 0.717) is 26.3 Å². The number of benzene rings is 1. The van der Waals surface area contributed by atoms with E-state index >= 15 is 0 Å². The topological polar surface area (TPSA) is 96.0 Å². The van der Waals surface area contributed by atoms with E-state index in [-0.39, 0.29) is 4.90 Å². The number of nitrogens with one attached hydrogen (secondary N) is 1.